The number of rotatable bonds is 6. The highest BCUT2D eigenvalue weighted by atomic mass is 32.2. The first-order chi connectivity index (χ1) is 17.7. The molecule has 2 saturated heterocycles. The van der Waals surface area contributed by atoms with Gasteiger partial charge in [0.1, 0.15) is 0 Å². The molecule has 2 aromatic rings. The number of nitrogens with zero attached hydrogens (tertiary/aromatic N) is 3. The van der Waals surface area contributed by atoms with Crippen LogP contribution in [0.1, 0.15) is 55.7 Å². The van der Waals surface area contributed by atoms with E-state index in [1.54, 1.807) is 0 Å². The van der Waals surface area contributed by atoms with E-state index in [0.29, 0.717) is 18.2 Å². The number of hydrogen-bond donors (Lipinski definition) is 1. The summed E-state index contributed by atoms with van der Waals surface area (Å²) in [5.41, 5.74) is 3.48. The van der Waals surface area contributed by atoms with Crippen LogP contribution in [-0.4, -0.2) is 68.7 Å². The topological polar surface area (TPSA) is 21.8 Å². The van der Waals surface area contributed by atoms with Crippen LogP contribution in [0.2, 0.25) is 0 Å². The van der Waals surface area contributed by atoms with E-state index in [1.807, 2.05) is 0 Å². The lowest BCUT2D eigenvalue weighted by molar-refractivity contribution is -0.137. The molecule has 5 rings (SSSR count). The van der Waals surface area contributed by atoms with E-state index in [9.17, 15) is 13.2 Å². The van der Waals surface area contributed by atoms with Crippen LogP contribution in [-0.2, 0) is 12.6 Å². The summed E-state index contributed by atoms with van der Waals surface area (Å²) < 4.78 is 41.7. The van der Waals surface area contributed by atoms with E-state index in [0.717, 1.165) is 80.2 Å². The molecule has 0 atom stereocenters. The number of hydrogen-bond acceptors (Lipinski definition) is 5. The molecule has 0 aromatic heterocycles. The number of fused-ring (bicyclic) bond motifs is 2. The van der Waals surface area contributed by atoms with Gasteiger partial charge in [-0.25, -0.2) is 0 Å². The third kappa shape index (κ3) is 6.07. The summed E-state index contributed by atoms with van der Waals surface area (Å²) in [4.78, 5) is 8.98. The number of likely N-dealkylation sites (tertiary alicyclic amines) is 1. The second-order valence-electron chi connectivity index (χ2n) is 11.0. The lowest BCUT2D eigenvalue weighted by atomic mass is 9.97. The zero-order valence-corrected chi connectivity index (χ0v) is 23.0. The zero-order chi connectivity index (χ0) is 26.2. The van der Waals surface area contributed by atoms with Crippen LogP contribution in [0.3, 0.4) is 0 Å². The number of anilines is 2. The first-order valence-electron chi connectivity index (χ1n) is 13.7. The Morgan fingerprint density at radius 3 is 2.35 bits per heavy atom. The molecular formula is C29H39F3N4S. The van der Waals surface area contributed by atoms with E-state index in [1.165, 1.54) is 35.1 Å². The standard InChI is InChI=1S/C29H39F3N4S/c1-4-11-35-12-7-22(8-13-35)33-26-17-21(29(30,31)32)18-28-25(26)16-20-5-6-24(19-27(20)37-28)36-14-9-23(10-15-36)34(2)3/h5-6,17-19,22-23,33H,4,7-16H2,1-3H3. The molecule has 3 heterocycles. The predicted molar refractivity (Wildman–Crippen MR) is 147 cm³/mol. The molecule has 202 valence electrons. The molecule has 0 spiro atoms. The molecule has 0 bridgehead atoms. The van der Waals surface area contributed by atoms with Crippen molar-refractivity contribution in [2.24, 2.45) is 0 Å². The average Bonchev–Trinajstić information content (AvgIpc) is 2.88. The number of piperidine rings is 2. The molecule has 2 fully saturated rings. The Bertz CT molecular complexity index is 1090. The fraction of sp³-hybridized carbons (Fsp3) is 0.586. The Morgan fingerprint density at radius 2 is 1.70 bits per heavy atom. The van der Waals surface area contributed by atoms with Crippen molar-refractivity contribution >= 4 is 23.1 Å². The minimum absolute atomic E-state index is 0.208. The molecule has 0 unspecified atom stereocenters. The number of halogens is 3. The molecule has 4 nitrogen and oxygen atoms in total. The van der Waals surface area contributed by atoms with Gasteiger partial charge in [0, 0.05) is 65.8 Å². The summed E-state index contributed by atoms with van der Waals surface area (Å²) in [5, 5.41) is 3.54. The van der Waals surface area contributed by atoms with Crippen molar-refractivity contribution in [1.29, 1.82) is 0 Å². The Kier molecular flexibility index (Phi) is 7.99. The van der Waals surface area contributed by atoms with Gasteiger partial charge in [-0.1, -0.05) is 24.8 Å². The van der Waals surface area contributed by atoms with E-state index < -0.39 is 11.7 Å². The Labute approximate surface area is 223 Å². The predicted octanol–water partition coefficient (Wildman–Crippen LogP) is 6.58. The number of alkyl halides is 3. The van der Waals surface area contributed by atoms with Gasteiger partial charge in [-0.3, -0.25) is 0 Å². The molecule has 0 saturated carbocycles. The van der Waals surface area contributed by atoms with Crippen molar-refractivity contribution in [1.82, 2.24) is 9.80 Å². The first-order valence-corrected chi connectivity index (χ1v) is 14.5. The smallest absolute Gasteiger partial charge is 0.382 e. The van der Waals surface area contributed by atoms with Gasteiger partial charge >= 0.3 is 6.18 Å². The minimum atomic E-state index is -4.37. The van der Waals surface area contributed by atoms with Gasteiger partial charge < -0.3 is 20.0 Å². The van der Waals surface area contributed by atoms with Crippen molar-refractivity contribution in [2.45, 2.75) is 73.5 Å². The SMILES string of the molecule is CCCN1CCC(Nc2cc(C(F)(F)F)cc3c2Cc2ccc(N4CCC(N(C)C)CC4)cc2S3)CC1. The maximum absolute atomic E-state index is 13.9. The second kappa shape index (κ2) is 11.1. The largest absolute Gasteiger partial charge is 0.416 e. The van der Waals surface area contributed by atoms with Crippen molar-refractivity contribution in [3.8, 4) is 0 Å². The highest BCUT2D eigenvalue weighted by Crippen LogP contribution is 2.46. The third-order valence-electron chi connectivity index (χ3n) is 8.22. The van der Waals surface area contributed by atoms with Crippen molar-refractivity contribution in [3.63, 3.8) is 0 Å². The summed E-state index contributed by atoms with van der Waals surface area (Å²) in [6, 6.07) is 10.1. The van der Waals surface area contributed by atoms with Crippen molar-refractivity contribution in [3.05, 3.63) is 47.0 Å². The van der Waals surface area contributed by atoms with Crippen LogP contribution < -0.4 is 10.2 Å². The van der Waals surface area contributed by atoms with Crippen LogP contribution in [0.15, 0.2) is 40.1 Å². The maximum atomic E-state index is 13.9. The van der Waals surface area contributed by atoms with E-state index in [2.05, 4.69) is 59.2 Å². The third-order valence-corrected chi connectivity index (χ3v) is 9.41. The van der Waals surface area contributed by atoms with Gasteiger partial charge in [-0.05, 0) is 88.1 Å². The Hall–Kier alpha value is -1.90. The molecular weight excluding hydrogens is 493 g/mol. The summed E-state index contributed by atoms with van der Waals surface area (Å²) in [6.45, 7) is 7.29. The average molecular weight is 533 g/mol. The van der Waals surface area contributed by atoms with Crippen LogP contribution in [0.5, 0.6) is 0 Å². The van der Waals surface area contributed by atoms with Gasteiger partial charge in [0.25, 0.3) is 0 Å². The molecule has 0 aliphatic carbocycles. The van der Waals surface area contributed by atoms with Crippen LogP contribution in [0.25, 0.3) is 0 Å². The molecule has 0 amide bonds. The number of nitrogens with one attached hydrogen (secondary N) is 1. The first kappa shape index (κ1) is 26.7. The van der Waals surface area contributed by atoms with Gasteiger partial charge in [-0.15, -0.1) is 0 Å². The Morgan fingerprint density at radius 1 is 0.973 bits per heavy atom. The summed E-state index contributed by atoms with van der Waals surface area (Å²) in [7, 11) is 4.28. The van der Waals surface area contributed by atoms with Gasteiger partial charge in [0.2, 0.25) is 0 Å². The maximum Gasteiger partial charge on any atom is 0.416 e. The van der Waals surface area contributed by atoms with Crippen molar-refractivity contribution < 1.29 is 13.2 Å². The van der Waals surface area contributed by atoms with Crippen LogP contribution in [0.4, 0.5) is 24.5 Å². The minimum Gasteiger partial charge on any atom is -0.382 e. The van der Waals surface area contributed by atoms with Gasteiger partial charge in [-0.2, -0.15) is 13.2 Å². The molecule has 3 aliphatic heterocycles. The molecule has 37 heavy (non-hydrogen) atoms. The highest BCUT2D eigenvalue weighted by Gasteiger charge is 2.34. The van der Waals surface area contributed by atoms with Gasteiger partial charge in [0.15, 0.2) is 0 Å². The second-order valence-corrected chi connectivity index (χ2v) is 12.1. The monoisotopic (exact) mass is 532 g/mol. The van der Waals surface area contributed by atoms with E-state index in [4.69, 9.17) is 0 Å². The molecule has 3 aliphatic rings. The van der Waals surface area contributed by atoms with Crippen LogP contribution >= 0.6 is 11.8 Å². The van der Waals surface area contributed by atoms with E-state index >= 15 is 0 Å². The van der Waals surface area contributed by atoms with Crippen molar-refractivity contribution in [2.75, 3.05) is 57.0 Å². The molecule has 2 aromatic carbocycles. The van der Waals surface area contributed by atoms with E-state index in [-0.39, 0.29) is 6.04 Å². The zero-order valence-electron chi connectivity index (χ0n) is 22.2. The molecule has 0 radical (unpaired) electrons. The quantitative estimate of drug-likeness (QED) is 0.386. The number of benzene rings is 2. The summed E-state index contributed by atoms with van der Waals surface area (Å²) >= 11 is 1.50. The summed E-state index contributed by atoms with van der Waals surface area (Å²) in [6.07, 6.45) is 1.60. The molecule has 8 heteroatoms. The lowest BCUT2D eigenvalue weighted by Gasteiger charge is -2.37. The lowest BCUT2D eigenvalue weighted by Crippen LogP contribution is -2.42. The molecule has 1 N–H and O–H groups in total. The fourth-order valence-corrected chi connectivity index (χ4v) is 7.16. The normalized spacial score (nSPS) is 19.7. The fourth-order valence-electron chi connectivity index (χ4n) is 5.98. The van der Waals surface area contributed by atoms with Gasteiger partial charge in [0.05, 0.1) is 5.56 Å². The summed E-state index contributed by atoms with van der Waals surface area (Å²) in [5.74, 6) is 0. The Balaban J connectivity index is 1.36. The highest BCUT2D eigenvalue weighted by molar-refractivity contribution is 7.99. The van der Waals surface area contributed by atoms with Crippen LogP contribution in [0, 0.1) is 0 Å².